The Bertz CT molecular complexity index is 183. The summed E-state index contributed by atoms with van der Waals surface area (Å²) in [5.74, 6) is 0. The molecule has 1 saturated carbocycles. The van der Waals surface area contributed by atoms with E-state index in [0.29, 0.717) is 19.3 Å². The number of hydrogen-bond acceptors (Lipinski definition) is 2. The van der Waals surface area contributed by atoms with E-state index in [1.807, 2.05) is 0 Å². The summed E-state index contributed by atoms with van der Waals surface area (Å²) in [7, 11) is 0. The van der Waals surface area contributed by atoms with Gasteiger partial charge in [-0.3, -0.25) is 0 Å². The number of rotatable bonds is 2. The van der Waals surface area contributed by atoms with E-state index in [2.05, 4.69) is 0 Å². The van der Waals surface area contributed by atoms with E-state index >= 15 is 0 Å². The van der Waals surface area contributed by atoms with Crippen LogP contribution in [0.2, 0.25) is 0 Å². The van der Waals surface area contributed by atoms with Crippen molar-refractivity contribution in [1.82, 2.24) is 0 Å². The van der Waals surface area contributed by atoms with Crippen molar-refractivity contribution in [3.8, 4) is 0 Å². The number of alkyl halides is 3. The summed E-state index contributed by atoms with van der Waals surface area (Å²) < 4.78 is 35.5. The average molecular weight is 197 g/mol. The monoisotopic (exact) mass is 197 g/mol. The second-order valence-electron chi connectivity index (χ2n) is 3.84. The molecule has 0 aromatic heterocycles. The molecule has 0 amide bonds. The Kier molecular flexibility index (Phi) is 2.87. The van der Waals surface area contributed by atoms with Crippen LogP contribution in [0.1, 0.15) is 32.1 Å². The average Bonchev–Trinajstić information content (AvgIpc) is 2.27. The van der Waals surface area contributed by atoms with Gasteiger partial charge in [0.25, 0.3) is 0 Å². The van der Waals surface area contributed by atoms with Crippen molar-refractivity contribution < 1.29 is 18.3 Å². The molecule has 1 fully saturated rings. The van der Waals surface area contributed by atoms with Gasteiger partial charge in [-0.25, -0.2) is 0 Å². The van der Waals surface area contributed by atoms with Gasteiger partial charge in [-0.05, 0) is 25.7 Å². The summed E-state index contributed by atoms with van der Waals surface area (Å²) in [4.78, 5) is 0. The van der Waals surface area contributed by atoms with Crippen LogP contribution in [0.15, 0.2) is 0 Å². The highest BCUT2D eigenvalue weighted by Gasteiger charge is 2.39. The first-order valence-corrected chi connectivity index (χ1v) is 4.35. The predicted molar refractivity (Wildman–Crippen MR) is 42.1 cm³/mol. The highest BCUT2D eigenvalue weighted by Crippen LogP contribution is 2.35. The topological polar surface area (TPSA) is 46.2 Å². The summed E-state index contributed by atoms with van der Waals surface area (Å²) in [5, 5.41) is 9.64. The largest absolute Gasteiger partial charge is 0.390 e. The molecule has 0 aliphatic heterocycles. The van der Waals surface area contributed by atoms with E-state index in [-0.39, 0.29) is 12.5 Å². The molecule has 5 heteroatoms. The van der Waals surface area contributed by atoms with Crippen molar-refractivity contribution in [2.24, 2.45) is 5.73 Å². The SMILES string of the molecule is NC1CCC(O)(CCC(F)(F)F)C1. The summed E-state index contributed by atoms with van der Waals surface area (Å²) in [6.07, 6.45) is -4.01. The van der Waals surface area contributed by atoms with E-state index in [9.17, 15) is 18.3 Å². The number of aliphatic hydroxyl groups is 1. The molecule has 78 valence electrons. The summed E-state index contributed by atoms with van der Waals surface area (Å²) in [5.41, 5.74) is 4.34. The molecule has 3 N–H and O–H groups in total. The highest BCUT2D eigenvalue weighted by molar-refractivity contribution is 4.91. The molecule has 1 rings (SSSR count). The molecule has 0 aromatic carbocycles. The van der Waals surface area contributed by atoms with E-state index in [1.54, 1.807) is 0 Å². The first kappa shape index (κ1) is 10.8. The fourth-order valence-corrected chi connectivity index (χ4v) is 1.75. The predicted octanol–water partition coefficient (Wildman–Crippen LogP) is 1.57. The van der Waals surface area contributed by atoms with Gasteiger partial charge in [0, 0.05) is 12.5 Å². The molecule has 1 aliphatic rings. The zero-order valence-electron chi connectivity index (χ0n) is 7.27. The van der Waals surface area contributed by atoms with Gasteiger partial charge in [-0.15, -0.1) is 0 Å². The number of hydrogen-bond donors (Lipinski definition) is 2. The van der Waals surface area contributed by atoms with Crippen molar-refractivity contribution >= 4 is 0 Å². The molecule has 0 spiro atoms. The van der Waals surface area contributed by atoms with E-state index in [4.69, 9.17) is 5.73 Å². The van der Waals surface area contributed by atoms with Crippen LogP contribution in [0.5, 0.6) is 0 Å². The molecule has 0 bridgehead atoms. The summed E-state index contributed by atoms with van der Waals surface area (Å²) in [6.45, 7) is 0. The Morgan fingerprint density at radius 2 is 2.08 bits per heavy atom. The zero-order valence-corrected chi connectivity index (χ0v) is 7.27. The minimum Gasteiger partial charge on any atom is -0.390 e. The Balaban J connectivity index is 2.36. The smallest absolute Gasteiger partial charge is 0.389 e. The van der Waals surface area contributed by atoms with E-state index in [1.165, 1.54) is 0 Å². The Morgan fingerprint density at radius 3 is 2.46 bits per heavy atom. The van der Waals surface area contributed by atoms with E-state index < -0.39 is 18.2 Å². The van der Waals surface area contributed by atoms with Gasteiger partial charge in [0.1, 0.15) is 0 Å². The maximum absolute atomic E-state index is 11.8. The first-order chi connectivity index (χ1) is 5.81. The van der Waals surface area contributed by atoms with Crippen LogP contribution in [0.4, 0.5) is 13.2 Å². The Morgan fingerprint density at radius 1 is 1.46 bits per heavy atom. The summed E-state index contributed by atoms with van der Waals surface area (Å²) in [6, 6.07) is -0.141. The standard InChI is InChI=1S/C8H14F3NO/c9-8(10,11)4-3-7(13)2-1-6(12)5-7/h6,13H,1-5,12H2. The van der Waals surface area contributed by atoms with Crippen molar-refractivity contribution in [3.05, 3.63) is 0 Å². The van der Waals surface area contributed by atoms with Gasteiger partial charge in [0.05, 0.1) is 5.60 Å². The molecule has 2 unspecified atom stereocenters. The zero-order chi connectivity index (χ0) is 10.1. The third-order valence-corrected chi connectivity index (χ3v) is 2.50. The molecule has 0 radical (unpaired) electrons. The quantitative estimate of drug-likeness (QED) is 0.705. The molecule has 2 atom stereocenters. The molecular weight excluding hydrogens is 183 g/mol. The fraction of sp³-hybridized carbons (Fsp3) is 1.00. The highest BCUT2D eigenvalue weighted by atomic mass is 19.4. The van der Waals surface area contributed by atoms with Crippen LogP contribution >= 0.6 is 0 Å². The number of nitrogens with two attached hydrogens (primary N) is 1. The Labute approximate surface area is 74.9 Å². The van der Waals surface area contributed by atoms with Crippen LogP contribution in [0.3, 0.4) is 0 Å². The van der Waals surface area contributed by atoms with Gasteiger partial charge in [0.2, 0.25) is 0 Å². The maximum atomic E-state index is 11.8. The molecular formula is C8H14F3NO. The van der Waals surface area contributed by atoms with Gasteiger partial charge in [-0.2, -0.15) is 13.2 Å². The van der Waals surface area contributed by atoms with Crippen LogP contribution in [0.25, 0.3) is 0 Å². The van der Waals surface area contributed by atoms with Crippen molar-refractivity contribution in [2.45, 2.75) is 49.9 Å². The van der Waals surface area contributed by atoms with Crippen molar-refractivity contribution in [1.29, 1.82) is 0 Å². The van der Waals surface area contributed by atoms with Gasteiger partial charge in [-0.1, -0.05) is 0 Å². The first-order valence-electron chi connectivity index (χ1n) is 4.35. The van der Waals surface area contributed by atoms with Crippen LogP contribution in [0, 0.1) is 0 Å². The molecule has 0 heterocycles. The summed E-state index contributed by atoms with van der Waals surface area (Å²) >= 11 is 0. The van der Waals surface area contributed by atoms with Crippen LogP contribution in [-0.2, 0) is 0 Å². The van der Waals surface area contributed by atoms with E-state index in [0.717, 1.165) is 0 Å². The van der Waals surface area contributed by atoms with Gasteiger partial charge >= 0.3 is 6.18 Å². The lowest BCUT2D eigenvalue weighted by molar-refractivity contribution is -0.146. The van der Waals surface area contributed by atoms with Crippen LogP contribution in [-0.4, -0.2) is 22.9 Å². The van der Waals surface area contributed by atoms with Gasteiger partial charge in [0.15, 0.2) is 0 Å². The lowest BCUT2D eigenvalue weighted by atomic mass is 9.95. The van der Waals surface area contributed by atoms with Crippen LogP contribution < -0.4 is 5.73 Å². The normalized spacial score (nSPS) is 35.3. The Hall–Kier alpha value is -0.290. The van der Waals surface area contributed by atoms with Crippen molar-refractivity contribution in [2.75, 3.05) is 0 Å². The maximum Gasteiger partial charge on any atom is 0.389 e. The van der Waals surface area contributed by atoms with Crippen molar-refractivity contribution in [3.63, 3.8) is 0 Å². The second kappa shape index (κ2) is 3.46. The molecule has 0 saturated heterocycles. The third kappa shape index (κ3) is 3.52. The molecule has 13 heavy (non-hydrogen) atoms. The third-order valence-electron chi connectivity index (χ3n) is 2.50. The molecule has 1 aliphatic carbocycles. The molecule has 0 aromatic rings. The lowest BCUT2D eigenvalue weighted by Gasteiger charge is -2.22. The minimum absolute atomic E-state index is 0.141. The fourth-order valence-electron chi connectivity index (χ4n) is 1.75. The second-order valence-corrected chi connectivity index (χ2v) is 3.84. The van der Waals surface area contributed by atoms with Gasteiger partial charge < -0.3 is 10.8 Å². The minimum atomic E-state index is -4.18. The number of halogens is 3. The molecule has 2 nitrogen and oxygen atoms in total. The lowest BCUT2D eigenvalue weighted by Crippen LogP contribution is -2.29.